The lowest BCUT2D eigenvalue weighted by Gasteiger charge is -2.27. The van der Waals surface area contributed by atoms with Crippen molar-refractivity contribution in [2.45, 2.75) is 12.8 Å². The highest BCUT2D eigenvalue weighted by Gasteiger charge is 2.39. The normalized spacial score (nSPS) is 15.1. The van der Waals surface area contributed by atoms with Crippen LogP contribution in [0.2, 0.25) is 10.0 Å². The van der Waals surface area contributed by atoms with Crippen LogP contribution < -0.4 is 19.7 Å². The number of urea groups is 1. The van der Waals surface area contributed by atoms with Crippen molar-refractivity contribution in [1.29, 1.82) is 0 Å². The van der Waals surface area contributed by atoms with Crippen LogP contribution in [0, 0.1) is 0 Å². The van der Waals surface area contributed by atoms with E-state index in [1.54, 1.807) is 24.3 Å². The van der Waals surface area contributed by atoms with Gasteiger partial charge in [-0.1, -0.05) is 41.4 Å². The fraction of sp³-hybridized carbons (Fsp3) is 0.115. The molecular weight excluding hydrogens is 548 g/mol. The SMILES string of the molecule is COc1cc(/C=C2/C(=O)NC(=O)N(c3cc(C(F)(F)F)ccc3Cl)C2=O)ccc1OCc1cccc(Cl)c1. The van der Waals surface area contributed by atoms with E-state index in [9.17, 15) is 27.6 Å². The maximum Gasteiger partial charge on any atom is 0.416 e. The Balaban J connectivity index is 1.64. The smallest absolute Gasteiger partial charge is 0.416 e. The minimum atomic E-state index is -4.75. The Morgan fingerprint density at radius 1 is 0.974 bits per heavy atom. The van der Waals surface area contributed by atoms with Crippen LogP contribution in [0.3, 0.4) is 0 Å². The highest BCUT2D eigenvalue weighted by Crippen LogP contribution is 2.37. The molecule has 4 rings (SSSR count). The molecule has 4 amide bonds. The molecule has 0 atom stereocenters. The summed E-state index contributed by atoms with van der Waals surface area (Å²) >= 11 is 12.0. The topological polar surface area (TPSA) is 84.9 Å². The average Bonchev–Trinajstić information content (AvgIpc) is 2.86. The van der Waals surface area contributed by atoms with Crippen LogP contribution in [-0.2, 0) is 22.4 Å². The van der Waals surface area contributed by atoms with Crippen LogP contribution >= 0.6 is 23.2 Å². The third-order valence-electron chi connectivity index (χ3n) is 5.40. The van der Waals surface area contributed by atoms with Gasteiger partial charge in [0.05, 0.1) is 23.4 Å². The molecular formula is C26H17Cl2F3N2O5. The average molecular weight is 565 g/mol. The lowest BCUT2D eigenvalue weighted by molar-refractivity contribution is -0.137. The van der Waals surface area contributed by atoms with Crippen LogP contribution in [-0.4, -0.2) is 25.0 Å². The van der Waals surface area contributed by atoms with Gasteiger partial charge in [0.25, 0.3) is 11.8 Å². The van der Waals surface area contributed by atoms with E-state index < -0.39 is 40.8 Å². The molecule has 38 heavy (non-hydrogen) atoms. The molecule has 3 aromatic carbocycles. The third-order valence-corrected chi connectivity index (χ3v) is 5.95. The van der Waals surface area contributed by atoms with Crippen molar-refractivity contribution in [2.24, 2.45) is 0 Å². The first-order valence-electron chi connectivity index (χ1n) is 10.8. The molecule has 196 valence electrons. The molecule has 1 saturated heterocycles. The number of amides is 4. The molecule has 0 spiro atoms. The van der Waals surface area contributed by atoms with Gasteiger partial charge in [0.15, 0.2) is 11.5 Å². The first-order chi connectivity index (χ1) is 18.0. The van der Waals surface area contributed by atoms with Crippen LogP contribution in [0.25, 0.3) is 6.08 Å². The number of ether oxygens (including phenoxy) is 2. The Kier molecular flexibility index (Phi) is 7.66. The van der Waals surface area contributed by atoms with Crippen LogP contribution in [0.4, 0.5) is 23.7 Å². The van der Waals surface area contributed by atoms with E-state index in [0.717, 1.165) is 11.6 Å². The van der Waals surface area contributed by atoms with Crippen molar-refractivity contribution in [2.75, 3.05) is 12.0 Å². The van der Waals surface area contributed by atoms with Crippen LogP contribution in [0.1, 0.15) is 16.7 Å². The molecule has 1 aliphatic heterocycles. The number of carbonyl (C=O) groups excluding carboxylic acids is 3. The van der Waals surface area contributed by atoms with Gasteiger partial charge in [-0.2, -0.15) is 13.2 Å². The zero-order valence-corrected chi connectivity index (χ0v) is 20.9. The maximum atomic E-state index is 13.2. The number of imide groups is 2. The molecule has 1 N–H and O–H groups in total. The fourth-order valence-electron chi connectivity index (χ4n) is 3.58. The van der Waals surface area contributed by atoms with Gasteiger partial charge in [-0.25, -0.2) is 9.69 Å². The van der Waals surface area contributed by atoms with E-state index in [0.29, 0.717) is 33.4 Å². The molecule has 0 radical (unpaired) electrons. The first kappa shape index (κ1) is 27.0. The summed E-state index contributed by atoms with van der Waals surface area (Å²) in [6.45, 7) is 0.188. The monoisotopic (exact) mass is 564 g/mol. The number of alkyl halides is 3. The number of hydrogen-bond acceptors (Lipinski definition) is 5. The molecule has 0 bridgehead atoms. The second kappa shape index (κ2) is 10.8. The largest absolute Gasteiger partial charge is 0.493 e. The number of anilines is 1. The van der Waals surface area contributed by atoms with E-state index in [2.05, 4.69) is 0 Å². The van der Waals surface area contributed by atoms with Crippen molar-refractivity contribution in [1.82, 2.24) is 5.32 Å². The van der Waals surface area contributed by atoms with E-state index >= 15 is 0 Å². The first-order valence-corrected chi connectivity index (χ1v) is 11.6. The molecule has 1 aliphatic rings. The Hall–Kier alpha value is -4.02. The molecule has 7 nitrogen and oxygen atoms in total. The predicted octanol–water partition coefficient (Wildman–Crippen LogP) is 6.27. The van der Waals surface area contributed by atoms with Gasteiger partial charge >= 0.3 is 12.2 Å². The van der Waals surface area contributed by atoms with E-state index in [1.807, 2.05) is 11.4 Å². The van der Waals surface area contributed by atoms with Gasteiger partial charge in [0, 0.05) is 5.02 Å². The lowest BCUT2D eigenvalue weighted by Crippen LogP contribution is -2.54. The standard InChI is InChI=1S/C26H17Cl2F3N2O5/c1-37-22-11-14(5-8-21(22)38-13-15-3-2-4-17(27)9-15)10-18-23(34)32-25(36)33(24(18)35)20-12-16(26(29,30)31)6-7-19(20)28/h2-12H,13H2,1H3,(H,32,34,36)/b18-10-. The number of nitrogens with one attached hydrogen (secondary N) is 1. The highest BCUT2D eigenvalue weighted by molar-refractivity contribution is 6.42. The number of carbonyl (C=O) groups is 3. The molecule has 1 fully saturated rings. The minimum absolute atomic E-state index is 0.188. The van der Waals surface area contributed by atoms with Crippen molar-refractivity contribution in [3.8, 4) is 11.5 Å². The van der Waals surface area contributed by atoms with Crippen LogP contribution in [0.15, 0.2) is 66.2 Å². The summed E-state index contributed by atoms with van der Waals surface area (Å²) in [7, 11) is 1.40. The number of barbiturate groups is 1. The van der Waals surface area contributed by atoms with Gasteiger partial charge in [0.1, 0.15) is 12.2 Å². The van der Waals surface area contributed by atoms with Gasteiger partial charge in [-0.15, -0.1) is 0 Å². The second-order valence-electron chi connectivity index (χ2n) is 7.95. The number of nitrogens with zero attached hydrogens (tertiary/aromatic N) is 1. The predicted molar refractivity (Wildman–Crippen MR) is 134 cm³/mol. The molecule has 0 unspecified atom stereocenters. The Morgan fingerprint density at radius 3 is 2.42 bits per heavy atom. The molecule has 0 aliphatic carbocycles. The Labute approximate surface area is 224 Å². The van der Waals surface area contributed by atoms with Gasteiger partial charge in [-0.05, 0) is 59.7 Å². The summed E-state index contributed by atoms with van der Waals surface area (Å²) in [5.41, 5.74) is -1.02. The number of benzene rings is 3. The summed E-state index contributed by atoms with van der Waals surface area (Å²) in [6.07, 6.45) is -3.59. The fourth-order valence-corrected chi connectivity index (χ4v) is 4.00. The summed E-state index contributed by atoms with van der Waals surface area (Å²) in [5.74, 6) is -1.54. The van der Waals surface area contributed by atoms with Crippen molar-refractivity contribution in [3.05, 3.63) is 93.0 Å². The summed E-state index contributed by atoms with van der Waals surface area (Å²) < 4.78 is 50.8. The van der Waals surface area contributed by atoms with Crippen molar-refractivity contribution >= 4 is 52.8 Å². The second-order valence-corrected chi connectivity index (χ2v) is 8.79. The van der Waals surface area contributed by atoms with E-state index in [-0.39, 0.29) is 17.4 Å². The Morgan fingerprint density at radius 2 is 1.74 bits per heavy atom. The quantitative estimate of drug-likeness (QED) is 0.282. The Bertz CT molecular complexity index is 1470. The number of halogens is 5. The van der Waals surface area contributed by atoms with Gasteiger partial charge < -0.3 is 9.47 Å². The third kappa shape index (κ3) is 5.76. The number of methoxy groups -OCH3 is 1. The molecule has 12 heteroatoms. The highest BCUT2D eigenvalue weighted by atomic mass is 35.5. The lowest BCUT2D eigenvalue weighted by atomic mass is 10.1. The van der Waals surface area contributed by atoms with Crippen molar-refractivity contribution < 1.29 is 37.0 Å². The zero-order chi connectivity index (χ0) is 27.6. The summed E-state index contributed by atoms with van der Waals surface area (Å²) in [5, 5.41) is 2.21. The molecule has 3 aromatic rings. The summed E-state index contributed by atoms with van der Waals surface area (Å²) in [6, 6.07) is 12.6. The number of hydrogen-bond donors (Lipinski definition) is 1. The van der Waals surface area contributed by atoms with E-state index in [4.69, 9.17) is 32.7 Å². The van der Waals surface area contributed by atoms with Gasteiger partial charge in [-0.3, -0.25) is 14.9 Å². The number of rotatable bonds is 6. The van der Waals surface area contributed by atoms with Gasteiger partial charge in [0.2, 0.25) is 0 Å². The summed E-state index contributed by atoms with van der Waals surface area (Å²) in [4.78, 5) is 38.5. The van der Waals surface area contributed by atoms with Crippen molar-refractivity contribution in [3.63, 3.8) is 0 Å². The van der Waals surface area contributed by atoms with Crippen LogP contribution in [0.5, 0.6) is 11.5 Å². The maximum absolute atomic E-state index is 13.2. The molecule has 0 aromatic heterocycles. The van der Waals surface area contributed by atoms with E-state index in [1.165, 1.54) is 25.3 Å². The zero-order valence-electron chi connectivity index (χ0n) is 19.4. The molecule has 0 saturated carbocycles. The molecule has 1 heterocycles. The minimum Gasteiger partial charge on any atom is -0.493 e.